The predicted octanol–water partition coefficient (Wildman–Crippen LogP) is -0.580. The Hall–Kier alpha value is -0.360. The number of esters is 1. The van der Waals surface area contributed by atoms with Gasteiger partial charge in [-0.1, -0.05) is 0 Å². The number of hydrogen-bond donors (Lipinski definition) is 2. The Balaban J connectivity index is 2.63. The molecule has 1 saturated heterocycles. The lowest BCUT2D eigenvalue weighted by molar-refractivity contribution is -0.175. The van der Waals surface area contributed by atoms with E-state index in [4.69, 9.17) is 16.4 Å². The molecule has 1 heterocycles. The van der Waals surface area contributed by atoms with E-state index in [1.165, 1.54) is 7.11 Å². The van der Waals surface area contributed by atoms with Crippen molar-refractivity contribution in [2.45, 2.75) is 30.6 Å². The SMILES string of the molecule is COC(=O)[C@H]1ON[C@@H](C)[C@@H](O)[C@@H]1Cl. The third-order valence-electron chi connectivity index (χ3n) is 1.94. The lowest BCUT2D eigenvalue weighted by Gasteiger charge is -2.34. The van der Waals surface area contributed by atoms with Crippen molar-refractivity contribution in [1.82, 2.24) is 5.48 Å². The van der Waals surface area contributed by atoms with E-state index >= 15 is 0 Å². The molecule has 6 heteroatoms. The van der Waals surface area contributed by atoms with Crippen LogP contribution in [0.3, 0.4) is 0 Å². The van der Waals surface area contributed by atoms with E-state index in [1.807, 2.05) is 0 Å². The normalized spacial score (nSPS) is 40.0. The highest BCUT2D eigenvalue weighted by Crippen LogP contribution is 2.19. The highest BCUT2D eigenvalue weighted by Gasteiger charge is 2.41. The maximum Gasteiger partial charge on any atom is 0.338 e. The number of ether oxygens (including phenoxy) is 1. The van der Waals surface area contributed by atoms with Gasteiger partial charge < -0.3 is 9.84 Å². The standard InChI is InChI=1S/C7H12ClNO4/c1-3-5(10)4(8)6(13-9-3)7(11)12-2/h3-6,9-10H,1-2H3/t3-,4-,5+,6-/m0/s1. The number of hydrogen-bond acceptors (Lipinski definition) is 5. The molecule has 2 N–H and O–H groups in total. The molecule has 1 rings (SSSR count). The van der Waals surface area contributed by atoms with E-state index in [9.17, 15) is 9.90 Å². The van der Waals surface area contributed by atoms with Crippen molar-refractivity contribution < 1.29 is 19.5 Å². The average Bonchev–Trinajstić information content (AvgIpc) is 2.13. The summed E-state index contributed by atoms with van der Waals surface area (Å²) in [6.07, 6.45) is -1.79. The van der Waals surface area contributed by atoms with Crippen molar-refractivity contribution in [2.24, 2.45) is 0 Å². The molecule has 0 aromatic carbocycles. The van der Waals surface area contributed by atoms with E-state index in [2.05, 4.69) is 10.2 Å². The minimum atomic E-state index is -0.960. The van der Waals surface area contributed by atoms with Gasteiger partial charge in [-0.05, 0) is 6.92 Å². The van der Waals surface area contributed by atoms with Gasteiger partial charge >= 0.3 is 5.97 Å². The molecule has 0 amide bonds. The van der Waals surface area contributed by atoms with Crippen LogP contribution in [0.5, 0.6) is 0 Å². The van der Waals surface area contributed by atoms with Crippen molar-refractivity contribution in [3.8, 4) is 0 Å². The second-order valence-electron chi connectivity index (χ2n) is 2.90. The van der Waals surface area contributed by atoms with Gasteiger partial charge in [0.15, 0.2) is 6.10 Å². The van der Waals surface area contributed by atoms with Gasteiger partial charge in [-0.15, -0.1) is 11.6 Å². The van der Waals surface area contributed by atoms with Crippen LogP contribution in [0.4, 0.5) is 0 Å². The molecule has 0 radical (unpaired) electrons. The largest absolute Gasteiger partial charge is 0.467 e. The first-order valence-corrected chi connectivity index (χ1v) is 4.32. The molecule has 0 bridgehead atoms. The van der Waals surface area contributed by atoms with Crippen molar-refractivity contribution >= 4 is 17.6 Å². The van der Waals surface area contributed by atoms with E-state index in [0.29, 0.717) is 0 Å². The summed E-state index contributed by atoms with van der Waals surface area (Å²) in [6.45, 7) is 1.70. The Labute approximate surface area is 80.9 Å². The van der Waals surface area contributed by atoms with E-state index in [1.54, 1.807) is 6.92 Å². The lowest BCUT2D eigenvalue weighted by atomic mass is 10.0. The van der Waals surface area contributed by atoms with Crippen LogP contribution in [0.15, 0.2) is 0 Å². The van der Waals surface area contributed by atoms with Gasteiger partial charge in [0.05, 0.1) is 19.3 Å². The maximum absolute atomic E-state index is 11.0. The summed E-state index contributed by atoms with van der Waals surface area (Å²) >= 11 is 5.79. The van der Waals surface area contributed by atoms with Gasteiger partial charge in [0.1, 0.15) is 5.38 Å². The average molecular weight is 210 g/mol. The third kappa shape index (κ3) is 2.11. The Morgan fingerprint density at radius 3 is 2.85 bits per heavy atom. The number of hydroxylamine groups is 1. The van der Waals surface area contributed by atoms with Gasteiger partial charge in [-0.3, -0.25) is 4.84 Å². The fourth-order valence-corrected chi connectivity index (χ4v) is 1.44. The summed E-state index contributed by atoms with van der Waals surface area (Å²) in [5.41, 5.74) is 2.49. The number of halogens is 1. The van der Waals surface area contributed by atoms with Crippen LogP contribution in [0.2, 0.25) is 0 Å². The minimum Gasteiger partial charge on any atom is -0.467 e. The van der Waals surface area contributed by atoms with Crippen LogP contribution in [0.1, 0.15) is 6.92 Å². The Kier molecular flexibility index (Phi) is 3.49. The van der Waals surface area contributed by atoms with Crippen molar-refractivity contribution in [1.29, 1.82) is 0 Å². The first-order valence-electron chi connectivity index (χ1n) is 3.89. The second-order valence-corrected chi connectivity index (χ2v) is 3.41. The van der Waals surface area contributed by atoms with Gasteiger partial charge in [0.25, 0.3) is 0 Å². The zero-order valence-electron chi connectivity index (χ0n) is 7.36. The first-order chi connectivity index (χ1) is 6.07. The zero-order chi connectivity index (χ0) is 10.0. The van der Waals surface area contributed by atoms with Gasteiger partial charge in [0.2, 0.25) is 0 Å². The topological polar surface area (TPSA) is 67.8 Å². The monoisotopic (exact) mass is 209 g/mol. The fraction of sp³-hybridized carbons (Fsp3) is 0.857. The number of carbonyl (C=O) groups excluding carboxylic acids is 1. The molecule has 13 heavy (non-hydrogen) atoms. The number of aliphatic hydroxyl groups excluding tert-OH is 1. The molecular weight excluding hydrogens is 198 g/mol. The highest BCUT2D eigenvalue weighted by atomic mass is 35.5. The van der Waals surface area contributed by atoms with Crippen LogP contribution in [0.25, 0.3) is 0 Å². The van der Waals surface area contributed by atoms with Gasteiger partial charge in [-0.2, -0.15) is 5.48 Å². The molecule has 0 saturated carbocycles. The smallest absolute Gasteiger partial charge is 0.338 e. The number of rotatable bonds is 1. The molecule has 0 aromatic heterocycles. The number of methoxy groups -OCH3 is 1. The highest BCUT2D eigenvalue weighted by molar-refractivity contribution is 6.23. The van der Waals surface area contributed by atoms with Gasteiger partial charge in [0, 0.05) is 0 Å². The summed E-state index contributed by atoms with van der Waals surface area (Å²) in [6, 6.07) is -0.302. The molecule has 5 nitrogen and oxygen atoms in total. The quantitative estimate of drug-likeness (QED) is 0.447. The van der Waals surface area contributed by atoms with Crippen LogP contribution in [-0.2, 0) is 14.4 Å². The molecule has 0 spiro atoms. The van der Waals surface area contributed by atoms with Crippen molar-refractivity contribution in [3.05, 3.63) is 0 Å². The Morgan fingerprint density at radius 1 is 1.69 bits per heavy atom. The summed E-state index contributed by atoms with van der Waals surface area (Å²) < 4.78 is 4.44. The lowest BCUT2D eigenvalue weighted by Crippen LogP contribution is -2.57. The van der Waals surface area contributed by atoms with Crippen LogP contribution in [-0.4, -0.2) is 41.8 Å². The predicted molar refractivity (Wildman–Crippen MR) is 45.1 cm³/mol. The van der Waals surface area contributed by atoms with E-state index in [0.717, 1.165) is 0 Å². The summed E-state index contributed by atoms with van der Waals surface area (Å²) in [4.78, 5) is 16.0. The summed E-state index contributed by atoms with van der Waals surface area (Å²) in [7, 11) is 1.24. The molecule has 1 fully saturated rings. The summed E-state index contributed by atoms with van der Waals surface area (Å²) in [5, 5.41) is 8.69. The van der Waals surface area contributed by atoms with Crippen LogP contribution >= 0.6 is 11.6 Å². The molecule has 4 atom stereocenters. The zero-order valence-corrected chi connectivity index (χ0v) is 8.12. The molecule has 0 aromatic rings. The molecular formula is C7H12ClNO4. The Bertz CT molecular complexity index is 201. The van der Waals surface area contributed by atoms with Crippen LogP contribution < -0.4 is 5.48 Å². The maximum atomic E-state index is 11.0. The van der Waals surface area contributed by atoms with E-state index < -0.39 is 23.6 Å². The third-order valence-corrected chi connectivity index (χ3v) is 2.43. The number of carbonyl (C=O) groups is 1. The minimum absolute atomic E-state index is 0.302. The second kappa shape index (κ2) is 4.23. The first kappa shape index (κ1) is 10.7. The van der Waals surface area contributed by atoms with E-state index in [-0.39, 0.29) is 6.04 Å². The Morgan fingerprint density at radius 2 is 2.31 bits per heavy atom. The molecule has 0 unspecified atom stereocenters. The van der Waals surface area contributed by atoms with Gasteiger partial charge in [-0.25, -0.2) is 4.79 Å². The molecule has 1 aliphatic heterocycles. The molecule has 1 aliphatic rings. The molecule has 0 aliphatic carbocycles. The molecule has 76 valence electrons. The van der Waals surface area contributed by atoms with Crippen molar-refractivity contribution in [3.63, 3.8) is 0 Å². The number of nitrogens with one attached hydrogen (secondary N) is 1. The fourth-order valence-electron chi connectivity index (χ4n) is 1.06. The summed E-state index contributed by atoms with van der Waals surface area (Å²) in [5.74, 6) is -0.599. The number of alkyl halides is 1. The number of aliphatic hydroxyl groups is 1. The van der Waals surface area contributed by atoms with Crippen molar-refractivity contribution in [2.75, 3.05) is 7.11 Å². The van der Waals surface area contributed by atoms with Crippen LogP contribution in [0, 0.1) is 0 Å².